The van der Waals surface area contributed by atoms with E-state index in [0.717, 1.165) is 46.0 Å². The fourth-order valence-corrected chi connectivity index (χ4v) is 2.64. The minimum atomic E-state index is 0.489. The van der Waals surface area contributed by atoms with Crippen molar-refractivity contribution in [2.45, 2.75) is 40.2 Å². The highest BCUT2D eigenvalue weighted by Crippen LogP contribution is 2.26. The highest BCUT2D eigenvalue weighted by Gasteiger charge is 2.09. The molecular formula is C21H25NOS. The number of para-hydroxylation sites is 1. The van der Waals surface area contributed by atoms with Crippen LogP contribution < -0.4 is 10.1 Å². The molecule has 0 aromatic heterocycles. The van der Waals surface area contributed by atoms with Crippen molar-refractivity contribution in [3.05, 3.63) is 65.2 Å². The van der Waals surface area contributed by atoms with Crippen LogP contribution in [-0.4, -0.2) is 4.99 Å². The number of hydrogen-bond acceptors (Lipinski definition) is 2. The van der Waals surface area contributed by atoms with E-state index in [1.165, 1.54) is 5.56 Å². The van der Waals surface area contributed by atoms with Crippen LogP contribution in [0.2, 0.25) is 0 Å². The molecule has 0 atom stereocenters. The van der Waals surface area contributed by atoms with E-state index >= 15 is 0 Å². The number of benzene rings is 2. The Morgan fingerprint density at radius 3 is 2.67 bits per heavy atom. The van der Waals surface area contributed by atoms with Gasteiger partial charge in [0.2, 0.25) is 0 Å². The summed E-state index contributed by atoms with van der Waals surface area (Å²) in [6, 6.07) is 12.5. The summed E-state index contributed by atoms with van der Waals surface area (Å²) in [5, 5.41) is 3.33. The van der Waals surface area contributed by atoms with Crippen molar-refractivity contribution in [1.82, 2.24) is 0 Å². The van der Waals surface area contributed by atoms with Crippen molar-refractivity contribution in [2.24, 2.45) is 0 Å². The highest BCUT2D eigenvalue weighted by atomic mass is 32.1. The third kappa shape index (κ3) is 4.45. The van der Waals surface area contributed by atoms with Gasteiger partial charge in [-0.15, -0.1) is 0 Å². The lowest BCUT2D eigenvalue weighted by Gasteiger charge is -2.17. The molecule has 0 spiro atoms. The maximum atomic E-state index is 6.06. The molecule has 2 rings (SSSR count). The second kappa shape index (κ2) is 8.65. The molecule has 0 amide bonds. The highest BCUT2D eigenvalue weighted by molar-refractivity contribution is 7.80. The Morgan fingerprint density at radius 1 is 1.25 bits per heavy atom. The minimum absolute atomic E-state index is 0.489. The summed E-state index contributed by atoms with van der Waals surface area (Å²) in [4.78, 5) is 0.814. The van der Waals surface area contributed by atoms with Crippen LogP contribution in [-0.2, 0) is 13.0 Å². The van der Waals surface area contributed by atoms with Gasteiger partial charge in [-0.25, -0.2) is 0 Å². The quantitative estimate of drug-likeness (QED) is 0.632. The van der Waals surface area contributed by atoms with Gasteiger partial charge in [-0.3, -0.25) is 0 Å². The van der Waals surface area contributed by atoms with Gasteiger partial charge in [-0.1, -0.05) is 69.1 Å². The molecule has 2 aromatic rings. The van der Waals surface area contributed by atoms with E-state index in [9.17, 15) is 0 Å². The van der Waals surface area contributed by atoms with Crippen LogP contribution in [0.3, 0.4) is 0 Å². The lowest BCUT2D eigenvalue weighted by atomic mass is 10.1. The Bertz CT molecular complexity index is 737. The lowest BCUT2D eigenvalue weighted by molar-refractivity contribution is 0.304. The molecule has 126 valence electrons. The normalized spacial score (nSPS) is 10.3. The maximum absolute atomic E-state index is 6.06. The number of thiocarbonyl (C=S) groups is 1. The number of hydrogen-bond donors (Lipinski definition) is 1. The summed E-state index contributed by atoms with van der Waals surface area (Å²) in [5.41, 5.74) is 5.58. The molecule has 0 saturated carbocycles. The van der Waals surface area contributed by atoms with Gasteiger partial charge in [0.25, 0.3) is 0 Å². The first-order valence-electron chi connectivity index (χ1n) is 8.35. The van der Waals surface area contributed by atoms with Crippen molar-refractivity contribution < 1.29 is 4.74 Å². The number of nitrogens with one attached hydrogen (secondary N) is 1. The van der Waals surface area contributed by atoms with E-state index in [0.29, 0.717) is 6.61 Å². The van der Waals surface area contributed by atoms with E-state index in [1.807, 2.05) is 25.1 Å². The zero-order valence-corrected chi connectivity index (χ0v) is 15.5. The average Bonchev–Trinajstić information content (AvgIpc) is 2.61. The first kappa shape index (κ1) is 18.2. The summed E-state index contributed by atoms with van der Waals surface area (Å²) in [6.45, 7) is 10.7. The molecule has 3 heteroatoms. The maximum Gasteiger partial charge on any atom is 0.122 e. The van der Waals surface area contributed by atoms with Crippen molar-refractivity contribution in [3.63, 3.8) is 0 Å². The Hall–Kier alpha value is -2.13. The first-order valence-corrected chi connectivity index (χ1v) is 8.76. The van der Waals surface area contributed by atoms with Gasteiger partial charge in [0.15, 0.2) is 0 Å². The van der Waals surface area contributed by atoms with Gasteiger partial charge < -0.3 is 10.1 Å². The molecule has 2 nitrogen and oxygen atoms in total. The zero-order valence-electron chi connectivity index (χ0n) is 14.7. The predicted molar refractivity (Wildman–Crippen MR) is 108 cm³/mol. The molecule has 0 saturated heterocycles. The Morgan fingerprint density at radius 2 is 2.04 bits per heavy atom. The minimum Gasteiger partial charge on any atom is -0.489 e. The van der Waals surface area contributed by atoms with Crippen LogP contribution in [0.4, 0.5) is 5.69 Å². The summed E-state index contributed by atoms with van der Waals surface area (Å²) < 4.78 is 6.06. The molecule has 0 heterocycles. The average molecular weight is 340 g/mol. The fourth-order valence-electron chi connectivity index (χ4n) is 2.54. The molecule has 0 fully saturated rings. The van der Waals surface area contributed by atoms with Gasteiger partial charge in [-0.2, -0.15) is 0 Å². The van der Waals surface area contributed by atoms with Gasteiger partial charge in [0, 0.05) is 5.56 Å². The van der Waals surface area contributed by atoms with Gasteiger partial charge >= 0.3 is 0 Å². The standard InChI is InChI=1S/C21H25NOS/c1-5-16-11-12-19(15(4)13-16)23-14-18-10-8-9-17(6-2)21(18)22-20(24)7-3/h6,8-13H,2,5,7,14H2,1,3-4H3,(H,22,24). The van der Waals surface area contributed by atoms with Crippen LogP contribution in [0.1, 0.15) is 42.5 Å². The molecule has 1 N–H and O–H groups in total. The molecule has 0 bridgehead atoms. The molecule has 2 aromatic carbocycles. The summed E-state index contributed by atoms with van der Waals surface area (Å²) >= 11 is 5.34. The smallest absolute Gasteiger partial charge is 0.122 e. The zero-order chi connectivity index (χ0) is 17.5. The Balaban J connectivity index is 2.23. The number of aryl methyl sites for hydroxylation is 2. The summed E-state index contributed by atoms with van der Waals surface area (Å²) in [5.74, 6) is 0.917. The van der Waals surface area contributed by atoms with Gasteiger partial charge in [0.1, 0.15) is 12.4 Å². The molecule has 24 heavy (non-hydrogen) atoms. The molecular weight excluding hydrogens is 314 g/mol. The van der Waals surface area contributed by atoms with Crippen molar-refractivity contribution in [1.29, 1.82) is 0 Å². The largest absolute Gasteiger partial charge is 0.489 e. The third-order valence-electron chi connectivity index (χ3n) is 4.02. The van der Waals surface area contributed by atoms with Gasteiger partial charge in [0.05, 0.1) is 10.7 Å². The lowest BCUT2D eigenvalue weighted by Crippen LogP contribution is -2.11. The molecule has 0 unspecified atom stereocenters. The van der Waals surface area contributed by atoms with E-state index in [2.05, 4.69) is 50.0 Å². The molecule has 0 aliphatic heterocycles. The number of ether oxygens (including phenoxy) is 1. The van der Waals surface area contributed by atoms with Gasteiger partial charge in [-0.05, 0) is 42.5 Å². The number of anilines is 1. The second-order valence-corrected chi connectivity index (χ2v) is 6.22. The van der Waals surface area contributed by atoms with Crippen LogP contribution in [0.5, 0.6) is 5.75 Å². The third-order valence-corrected chi connectivity index (χ3v) is 4.41. The van der Waals surface area contributed by atoms with E-state index in [-0.39, 0.29) is 0 Å². The predicted octanol–water partition coefficient (Wildman–Crippen LogP) is 5.93. The van der Waals surface area contributed by atoms with Crippen molar-refractivity contribution in [3.8, 4) is 5.75 Å². The summed E-state index contributed by atoms with van der Waals surface area (Å²) in [6.07, 6.45) is 3.68. The van der Waals surface area contributed by atoms with Crippen LogP contribution >= 0.6 is 12.2 Å². The van der Waals surface area contributed by atoms with Crippen LogP contribution in [0, 0.1) is 6.92 Å². The summed E-state index contributed by atoms with van der Waals surface area (Å²) in [7, 11) is 0. The monoisotopic (exact) mass is 339 g/mol. The van der Waals surface area contributed by atoms with E-state index in [4.69, 9.17) is 17.0 Å². The number of rotatable bonds is 7. The first-order chi connectivity index (χ1) is 11.6. The Labute approximate surface area is 150 Å². The van der Waals surface area contributed by atoms with E-state index in [1.54, 1.807) is 0 Å². The second-order valence-electron chi connectivity index (χ2n) is 5.73. The van der Waals surface area contributed by atoms with Crippen molar-refractivity contribution in [2.75, 3.05) is 5.32 Å². The Kier molecular flexibility index (Phi) is 6.56. The molecule has 0 aliphatic rings. The SMILES string of the molecule is C=Cc1cccc(COc2ccc(CC)cc2C)c1NC(=S)CC. The molecule has 0 radical (unpaired) electrons. The van der Waals surface area contributed by atoms with Crippen molar-refractivity contribution >= 4 is 29.0 Å². The topological polar surface area (TPSA) is 21.3 Å². The fraction of sp³-hybridized carbons (Fsp3) is 0.286. The van der Waals surface area contributed by atoms with Crippen LogP contribution in [0.15, 0.2) is 43.0 Å². The van der Waals surface area contributed by atoms with Crippen LogP contribution in [0.25, 0.3) is 6.08 Å². The molecule has 0 aliphatic carbocycles. The van der Waals surface area contributed by atoms with E-state index < -0.39 is 0 Å².